The van der Waals surface area contributed by atoms with Crippen LogP contribution < -0.4 is 14.5 Å². The van der Waals surface area contributed by atoms with Gasteiger partial charge >= 0.3 is 0 Å². The molecule has 0 fully saturated rings. The van der Waals surface area contributed by atoms with Crippen LogP contribution in [0.25, 0.3) is 27.6 Å². The molecule has 0 aliphatic carbocycles. The highest BCUT2D eigenvalue weighted by Crippen LogP contribution is 2.46. The van der Waals surface area contributed by atoms with Crippen molar-refractivity contribution < 1.29 is 4.74 Å². The van der Waals surface area contributed by atoms with E-state index in [1.54, 1.807) is 0 Å². The zero-order valence-corrected chi connectivity index (χ0v) is 37.3. The highest BCUT2D eigenvalue weighted by molar-refractivity contribution is 6.09. The number of pyridine rings is 1. The molecule has 3 heterocycles. The Hall–Kier alpha value is -7.11. The van der Waals surface area contributed by atoms with E-state index >= 15 is 0 Å². The topological polar surface area (TPSA) is 33.5 Å². The van der Waals surface area contributed by atoms with Crippen molar-refractivity contribution >= 4 is 44.6 Å². The van der Waals surface area contributed by atoms with Crippen molar-refractivity contribution in [3.05, 3.63) is 216 Å². The van der Waals surface area contributed by atoms with Crippen LogP contribution in [0.3, 0.4) is 0 Å². The Kier molecular flexibility index (Phi) is 9.75. The second kappa shape index (κ2) is 15.4. The summed E-state index contributed by atoms with van der Waals surface area (Å²) in [6.45, 7) is 16.7. The summed E-state index contributed by atoms with van der Waals surface area (Å²) in [5.74, 6) is 2.42. The Balaban J connectivity index is 1.00. The summed E-state index contributed by atoms with van der Waals surface area (Å²) in [5, 5.41) is 2.35. The summed E-state index contributed by atoms with van der Waals surface area (Å²) < 4.78 is 9.13. The van der Waals surface area contributed by atoms with Gasteiger partial charge in [-0.3, -0.25) is 4.57 Å². The lowest BCUT2D eigenvalue weighted by Gasteiger charge is -2.28. The summed E-state index contributed by atoms with van der Waals surface area (Å²) in [5.41, 5.74) is 12.7. The third-order valence-corrected chi connectivity index (χ3v) is 13.3. The monoisotopic (exact) mass is 822 g/mol. The van der Waals surface area contributed by atoms with Gasteiger partial charge in [0, 0.05) is 51.3 Å². The third-order valence-electron chi connectivity index (χ3n) is 13.3. The Morgan fingerprint density at radius 2 is 0.952 bits per heavy atom. The lowest BCUT2D eigenvalue weighted by atomic mass is 9.78. The van der Waals surface area contributed by atoms with Crippen molar-refractivity contribution in [1.29, 1.82) is 0 Å². The van der Waals surface area contributed by atoms with Crippen LogP contribution in [0.15, 0.2) is 188 Å². The second-order valence-electron chi connectivity index (χ2n) is 19.0. The van der Waals surface area contributed by atoms with E-state index in [-0.39, 0.29) is 16.2 Å². The van der Waals surface area contributed by atoms with Crippen LogP contribution in [0.4, 0.5) is 22.7 Å². The van der Waals surface area contributed by atoms with Gasteiger partial charge in [-0.25, -0.2) is 4.98 Å². The van der Waals surface area contributed by atoms with Crippen molar-refractivity contribution in [2.75, 3.05) is 16.5 Å². The molecule has 0 saturated heterocycles. The van der Waals surface area contributed by atoms with Crippen LogP contribution in [0.1, 0.15) is 76.3 Å². The summed E-state index contributed by atoms with van der Waals surface area (Å²) in [6.07, 6.45) is 1.95. The largest absolute Gasteiger partial charge is 0.457 e. The molecule has 1 aliphatic heterocycles. The molecular weight excluding hydrogens is 769 g/mol. The summed E-state index contributed by atoms with van der Waals surface area (Å²) in [4.78, 5) is 9.83. The number of anilines is 4. The Labute approximate surface area is 371 Å². The normalized spacial score (nSPS) is 13.2. The fourth-order valence-electron chi connectivity index (χ4n) is 9.32. The first-order valence-electron chi connectivity index (χ1n) is 22.1. The van der Waals surface area contributed by atoms with E-state index in [1.807, 2.05) is 12.3 Å². The number of hydrogen-bond acceptors (Lipinski definition) is 4. The zero-order chi connectivity index (χ0) is 43.5. The average Bonchev–Trinajstić information content (AvgIpc) is 3.85. The predicted molar refractivity (Wildman–Crippen MR) is 263 cm³/mol. The molecule has 9 aromatic rings. The van der Waals surface area contributed by atoms with Crippen LogP contribution in [-0.4, -0.2) is 16.2 Å². The maximum Gasteiger partial charge on any atom is 0.137 e. The van der Waals surface area contributed by atoms with E-state index in [1.165, 1.54) is 44.6 Å². The molecule has 0 spiro atoms. The number of hydrogen-bond donors (Lipinski definition) is 0. The van der Waals surface area contributed by atoms with E-state index in [0.717, 1.165) is 45.1 Å². The molecule has 2 aromatic heterocycles. The van der Waals surface area contributed by atoms with Gasteiger partial charge in [-0.2, -0.15) is 0 Å². The van der Waals surface area contributed by atoms with Crippen LogP contribution in [0.2, 0.25) is 0 Å². The molecule has 0 atom stereocenters. The van der Waals surface area contributed by atoms with E-state index in [0.29, 0.717) is 6.67 Å². The Morgan fingerprint density at radius 3 is 1.59 bits per heavy atom. The van der Waals surface area contributed by atoms with Gasteiger partial charge < -0.3 is 14.5 Å². The average molecular weight is 823 g/mol. The molecule has 0 unspecified atom stereocenters. The number of fused-ring (bicyclic) bond motifs is 4. The predicted octanol–water partition coefficient (Wildman–Crippen LogP) is 15.2. The zero-order valence-electron chi connectivity index (χ0n) is 37.3. The Morgan fingerprint density at radius 1 is 0.429 bits per heavy atom. The highest BCUT2D eigenvalue weighted by atomic mass is 16.5. The van der Waals surface area contributed by atoms with Crippen LogP contribution in [0, 0.1) is 0 Å². The van der Waals surface area contributed by atoms with Crippen molar-refractivity contribution in [2.24, 2.45) is 0 Å². The van der Waals surface area contributed by atoms with Gasteiger partial charge in [-0.1, -0.05) is 152 Å². The van der Waals surface area contributed by atoms with Crippen LogP contribution >= 0.6 is 0 Å². The molecular formula is C58H54N4O. The molecule has 1 aliphatic rings. The van der Waals surface area contributed by atoms with E-state index in [2.05, 4.69) is 239 Å². The van der Waals surface area contributed by atoms with Crippen molar-refractivity contribution in [3.63, 3.8) is 0 Å². The van der Waals surface area contributed by atoms with Gasteiger partial charge in [0.15, 0.2) is 0 Å². The number of ether oxygens (including phenoxy) is 1. The maximum atomic E-state index is 6.81. The van der Waals surface area contributed by atoms with Gasteiger partial charge in [-0.05, 0) is 100.0 Å². The molecule has 0 bridgehead atoms. The summed E-state index contributed by atoms with van der Waals surface area (Å²) in [6, 6.07) is 65.4. The van der Waals surface area contributed by atoms with Gasteiger partial charge in [-0.15, -0.1) is 0 Å². The van der Waals surface area contributed by atoms with Gasteiger partial charge in [0.1, 0.15) is 24.0 Å². The second-order valence-corrected chi connectivity index (χ2v) is 19.0. The van der Waals surface area contributed by atoms with E-state index < -0.39 is 0 Å². The van der Waals surface area contributed by atoms with Gasteiger partial charge in [0.2, 0.25) is 0 Å². The first-order valence-corrected chi connectivity index (χ1v) is 22.1. The number of para-hydroxylation sites is 2. The molecule has 0 radical (unpaired) electrons. The van der Waals surface area contributed by atoms with Crippen molar-refractivity contribution in [2.45, 2.75) is 64.7 Å². The lowest BCUT2D eigenvalue weighted by molar-refractivity contribution is 0.483. The lowest BCUT2D eigenvalue weighted by Crippen LogP contribution is -2.25. The standard InChI is InChI=1S/C58H54N4O/c1-56(2,3)42-28-30-49-50-31-29-48(38-54(50)62(53(49)35-42)55-36-44(32-33-59-55)58(6,7)41-20-12-9-13-21-41)63-47-25-17-24-46(37-47)61-39-60(51-26-14-15-27-52(51)61)45-23-16-22-43(34-45)57(4,5)40-18-10-8-11-19-40/h8-38H,39H2,1-7H3. The summed E-state index contributed by atoms with van der Waals surface area (Å²) in [7, 11) is 0. The van der Waals surface area contributed by atoms with Gasteiger partial charge in [0.05, 0.1) is 22.4 Å². The molecule has 312 valence electrons. The molecule has 0 saturated carbocycles. The maximum absolute atomic E-state index is 6.81. The molecule has 5 nitrogen and oxygen atoms in total. The quantitative estimate of drug-likeness (QED) is 0.145. The molecule has 63 heavy (non-hydrogen) atoms. The highest BCUT2D eigenvalue weighted by Gasteiger charge is 2.30. The third kappa shape index (κ3) is 7.21. The molecule has 10 rings (SSSR count). The molecule has 0 N–H and O–H groups in total. The minimum absolute atomic E-state index is 0.0183. The minimum atomic E-state index is -0.218. The van der Waals surface area contributed by atoms with Crippen LogP contribution in [0.5, 0.6) is 11.5 Å². The number of rotatable bonds is 9. The van der Waals surface area contributed by atoms with Crippen LogP contribution in [-0.2, 0) is 16.2 Å². The molecule has 0 amide bonds. The smallest absolute Gasteiger partial charge is 0.137 e. The Bertz CT molecular complexity index is 3120. The fraction of sp³-hybridized carbons (Fsp3) is 0.190. The van der Waals surface area contributed by atoms with Gasteiger partial charge in [0.25, 0.3) is 0 Å². The number of benzene rings is 7. The minimum Gasteiger partial charge on any atom is -0.457 e. The number of nitrogens with zero attached hydrogens (tertiary/aromatic N) is 4. The number of aromatic nitrogens is 2. The molecule has 5 heteroatoms. The fourth-order valence-corrected chi connectivity index (χ4v) is 9.32. The summed E-state index contributed by atoms with van der Waals surface area (Å²) >= 11 is 0. The molecule has 7 aromatic carbocycles. The first kappa shape index (κ1) is 40.0. The van der Waals surface area contributed by atoms with Crippen molar-refractivity contribution in [1.82, 2.24) is 9.55 Å². The SMILES string of the molecule is CC(C)(C)c1ccc2c3ccc(Oc4cccc(N5CN(c6cccc(C(C)(C)c7ccccc7)c6)c6ccccc65)c4)cc3n(-c3cc(C(C)(C)c4ccccc4)ccn3)c2c1. The van der Waals surface area contributed by atoms with E-state index in [9.17, 15) is 0 Å². The first-order chi connectivity index (χ1) is 30.4. The van der Waals surface area contributed by atoms with Crippen molar-refractivity contribution in [3.8, 4) is 17.3 Å². The van der Waals surface area contributed by atoms with E-state index in [4.69, 9.17) is 9.72 Å².